The van der Waals surface area contributed by atoms with Crippen LogP contribution >= 0.6 is 24.0 Å². The van der Waals surface area contributed by atoms with E-state index < -0.39 is 0 Å². The van der Waals surface area contributed by atoms with Gasteiger partial charge in [-0.3, -0.25) is 4.99 Å². The molecule has 1 aliphatic heterocycles. The zero-order valence-corrected chi connectivity index (χ0v) is 16.6. The van der Waals surface area contributed by atoms with Gasteiger partial charge in [-0.15, -0.1) is 24.0 Å². The molecular weight excluding hydrogens is 424 g/mol. The molecule has 24 heavy (non-hydrogen) atoms. The number of rotatable bonds is 7. The lowest BCUT2D eigenvalue weighted by atomic mass is 10.1. The van der Waals surface area contributed by atoms with Crippen molar-refractivity contribution >= 4 is 29.9 Å². The quantitative estimate of drug-likeness (QED) is 0.290. The van der Waals surface area contributed by atoms with Crippen LogP contribution < -0.4 is 10.6 Å². The molecule has 1 aromatic rings. The lowest BCUT2D eigenvalue weighted by Crippen LogP contribution is -2.38. The summed E-state index contributed by atoms with van der Waals surface area (Å²) in [6, 6.07) is 5.09. The fraction of sp³-hybridized carbons (Fsp3) is 0.588. The summed E-state index contributed by atoms with van der Waals surface area (Å²) in [5, 5.41) is 6.39. The van der Waals surface area contributed by atoms with E-state index >= 15 is 0 Å². The zero-order valence-electron chi connectivity index (χ0n) is 14.3. The molecule has 0 radical (unpaired) electrons. The van der Waals surface area contributed by atoms with Gasteiger partial charge in [0.15, 0.2) is 5.96 Å². The molecule has 2 rings (SSSR count). The van der Waals surface area contributed by atoms with E-state index in [0.29, 0.717) is 37.8 Å². The molecule has 136 valence electrons. The monoisotopic (exact) mass is 451 g/mol. The normalized spacial score (nSPS) is 17.5. The molecule has 1 aliphatic rings. The van der Waals surface area contributed by atoms with Crippen molar-refractivity contribution < 1.29 is 13.9 Å². The number of hydrogen-bond donors (Lipinski definition) is 2. The van der Waals surface area contributed by atoms with Gasteiger partial charge in [-0.05, 0) is 37.0 Å². The van der Waals surface area contributed by atoms with Crippen LogP contribution in [0.1, 0.15) is 24.0 Å². The smallest absolute Gasteiger partial charge is 0.191 e. The van der Waals surface area contributed by atoms with Crippen LogP contribution in [0.4, 0.5) is 4.39 Å². The first-order chi connectivity index (χ1) is 11.2. The van der Waals surface area contributed by atoms with E-state index in [2.05, 4.69) is 15.6 Å². The summed E-state index contributed by atoms with van der Waals surface area (Å²) in [6.45, 7) is 5.15. The molecule has 0 spiro atoms. The van der Waals surface area contributed by atoms with Crippen molar-refractivity contribution in [3.8, 4) is 0 Å². The van der Waals surface area contributed by atoms with E-state index in [9.17, 15) is 4.39 Å². The third kappa shape index (κ3) is 7.31. The Morgan fingerprint density at radius 3 is 2.92 bits per heavy atom. The van der Waals surface area contributed by atoms with Crippen LogP contribution in [0.15, 0.2) is 23.2 Å². The van der Waals surface area contributed by atoms with Crippen molar-refractivity contribution in [2.45, 2.75) is 32.4 Å². The number of hydrogen-bond acceptors (Lipinski definition) is 3. The Morgan fingerprint density at radius 2 is 2.25 bits per heavy atom. The summed E-state index contributed by atoms with van der Waals surface area (Å²) in [7, 11) is 1.72. The van der Waals surface area contributed by atoms with Gasteiger partial charge < -0.3 is 20.1 Å². The summed E-state index contributed by atoms with van der Waals surface area (Å²) in [4.78, 5) is 4.16. The van der Waals surface area contributed by atoms with E-state index in [1.807, 2.05) is 6.07 Å². The summed E-state index contributed by atoms with van der Waals surface area (Å²) in [6.07, 6.45) is 2.48. The van der Waals surface area contributed by atoms with E-state index in [4.69, 9.17) is 9.47 Å². The number of aryl methyl sites for hydroxylation is 1. The highest BCUT2D eigenvalue weighted by Crippen LogP contribution is 2.11. The van der Waals surface area contributed by atoms with E-state index in [-0.39, 0.29) is 35.9 Å². The second-order valence-corrected chi connectivity index (χ2v) is 5.65. The molecule has 0 amide bonds. The van der Waals surface area contributed by atoms with Gasteiger partial charge in [-0.1, -0.05) is 12.1 Å². The molecule has 1 heterocycles. The molecule has 1 saturated heterocycles. The SMILES string of the molecule is CN=C(NCCOCC1CCCO1)NCc1ccc(F)c(C)c1.I. The lowest BCUT2D eigenvalue weighted by Gasteiger charge is -2.13. The lowest BCUT2D eigenvalue weighted by molar-refractivity contribution is 0.0191. The van der Waals surface area contributed by atoms with Crippen molar-refractivity contribution in [2.75, 3.05) is 33.4 Å². The van der Waals surface area contributed by atoms with Crippen LogP contribution in [0.5, 0.6) is 0 Å². The number of benzene rings is 1. The van der Waals surface area contributed by atoms with Crippen LogP contribution in [0.2, 0.25) is 0 Å². The predicted molar refractivity (Wildman–Crippen MR) is 105 cm³/mol. The van der Waals surface area contributed by atoms with Crippen molar-refractivity contribution in [3.05, 3.63) is 35.1 Å². The number of guanidine groups is 1. The summed E-state index contributed by atoms with van der Waals surface area (Å²) in [5.41, 5.74) is 1.66. The maximum atomic E-state index is 13.2. The van der Waals surface area contributed by atoms with Gasteiger partial charge in [-0.25, -0.2) is 4.39 Å². The Kier molecular flexibility index (Phi) is 10.2. The minimum atomic E-state index is -0.181. The Balaban J connectivity index is 0.00000288. The first-order valence-corrected chi connectivity index (χ1v) is 8.08. The predicted octanol–water partition coefficient (Wildman–Crippen LogP) is 2.61. The fourth-order valence-corrected chi connectivity index (χ4v) is 2.46. The molecule has 1 atom stereocenters. The van der Waals surface area contributed by atoms with Gasteiger partial charge in [-0.2, -0.15) is 0 Å². The summed E-state index contributed by atoms with van der Waals surface area (Å²) < 4.78 is 24.3. The minimum absolute atomic E-state index is 0. The molecule has 2 N–H and O–H groups in total. The van der Waals surface area contributed by atoms with Gasteiger partial charge >= 0.3 is 0 Å². The number of halogens is 2. The van der Waals surface area contributed by atoms with E-state index in [0.717, 1.165) is 25.0 Å². The highest BCUT2D eigenvalue weighted by Gasteiger charge is 2.14. The van der Waals surface area contributed by atoms with Crippen molar-refractivity contribution in [3.63, 3.8) is 0 Å². The Labute approximate surface area is 160 Å². The third-order valence-corrected chi connectivity index (χ3v) is 3.77. The van der Waals surface area contributed by atoms with Crippen LogP contribution in [0, 0.1) is 12.7 Å². The molecule has 0 aromatic heterocycles. The Bertz CT molecular complexity index is 523. The van der Waals surface area contributed by atoms with Gasteiger partial charge in [0.1, 0.15) is 5.82 Å². The molecule has 0 aliphatic carbocycles. The fourth-order valence-electron chi connectivity index (χ4n) is 2.46. The first-order valence-electron chi connectivity index (χ1n) is 8.08. The van der Waals surface area contributed by atoms with Gasteiger partial charge in [0, 0.05) is 26.7 Å². The Hall–Kier alpha value is -0.930. The van der Waals surface area contributed by atoms with Crippen LogP contribution in [-0.4, -0.2) is 45.5 Å². The topological polar surface area (TPSA) is 54.9 Å². The molecule has 1 unspecified atom stereocenters. The second-order valence-electron chi connectivity index (χ2n) is 5.65. The molecule has 1 aromatic carbocycles. The van der Waals surface area contributed by atoms with Gasteiger partial charge in [0.25, 0.3) is 0 Å². The largest absolute Gasteiger partial charge is 0.377 e. The summed E-state index contributed by atoms with van der Waals surface area (Å²) in [5.74, 6) is 0.521. The van der Waals surface area contributed by atoms with Gasteiger partial charge in [0.2, 0.25) is 0 Å². The molecule has 1 fully saturated rings. The average molecular weight is 451 g/mol. The molecular formula is C17H27FIN3O2. The minimum Gasteiger partial charge on any atom is -0.377 e. The number of nitrogens with zero attached hydrogens (tertiary/aromatic N) is 1. The van der Waals surface area contributed by atoms with Crippen molar-refractivity contribution in [2.24, 2.45) is 4.99 Å². The van der Waals surface area contributed by atoms with Gasteiger partial charge in [0.05, 0.1) is 19.3 Å². The standard InChI is InChI=1S/C17H26FN3O2.HI/c1-13-10-14(5-6-16(13)18)11-21-17(19-2)20-7-9-22-12-15-4-3-8-23-15;/h5-6,10,15H,3-4,7-9,11-12H2,1-2H3,(H2,19,20,21);1H. The van der Waals surface area contributed by atoms with Crippen LogP contribution in [0.25, 0.3) is 0 Å². The number of nitrogens with one attached hydrogen (secondary N) is 2. The maximum Gasteiger partial charge on any atom is 0.191 e. The van der Waals surface area contributed by atoms with Crippen LogP contribution in [-0.2, 0) is 16.0 Å². The van der Waals surface area contributed by atoms with Crippen molar-refractivity contribution in [1.82, 2.24) is 10.6 Å². The second kappa shape index (κ2) is 11.6. The zero-order chi connectivity index (χ0) is 16.5. The Morgan fingerprint density at radius 1 is 1.42 bits per heavy atom. The molecule has 0 saturated carbocycles. The first kappa shape index (κ1) is 21.1. The number of aliphatic imine (C=N–C) groups is 1. The van der Waals surface area contributed by atoms with E-state index in [1.54, 1.807) is 20.0 Å². The van der Waals surface area contributed by atoms with Crippen LogP contribution in [0.3, 0.4) is 0 Å². The van der Waals surface area contributed by atoms with Crippen molar-refractivity contribution in [1.29, 1.82) is 0 Å². The highest BCUT2D eigenvalue weighted by atomic mass is 127. The number of ether oxygens (including phenoxy) is 2. The maximum absolute atomic E-state index is 13.2. The molecule has 5 nitrogen and oxygen atoms in total. The molecule has 7 heteroatoms. The molecule has 0 bridgehead atoms. The third-order valence-electron chi connectivity index (χ3n) is 3.77. The van der Waals surface area contributed by atoms with E-state index in [1.165, 1.54) is 6.07 Å². The summed E-state index contributed by atoms with van der Waals surface area (Å²) >= 11 is 0. The average Bonchev–Trinajstić information content (AvgIpc) is 3.06. The highest BCUT2D eigenvalue weighted by molar-refractivity contribution is 14.0.